The van der Waals surface area contributed by atoms with E-state index in [1.54, 1.807) is 0 Å². The number of imidazole rings is 1. The van der Waals surface area contributed by atoms with Gasteiger partial charge in [-0.25, -0.2) is 4.98 Å². The van der Waals surface area contributed by atoms with E-state index in [1.165, 1.54) is 0 Å². The van der Waals surface area contributed by atoms with E-state index in [0.29, 0.717) is 6.61 Å². The fraction of sp³-hybridized carbons (Fsp3) is 0.353. The van der Waals surface area contributed by atoms with Crippen LogP contribution in [0, 0.1) is 11.8 Å². The molecule has 0 radical (unpaired) electrons. The van der Waals surface area contributed by atoms with Crippen LogP contribution in [0.1, 0.15) is 24.7 Å². The van der Waals surface area contributed by atoms with Gasteiger partial charge in [0.2, 0.25) is 0 Å². The number of ether oxygens (including phenoxy) is 1. The molecule has 1 heterocycles. The molecule has 0 aliphatic carbocycles. The van der Waals surface area contributed by atoms with Crippen LogP contribution in [0.15, 0.2) is 36.7 Å². The second-order valence-electron chi connectivity index (χ2n) is 4.62. The highest BCUT2D eigenvalue weighted by molar-refractivity contribution is 5.38. The van der Waals surface area contributed by atoms with E-state index in [0.717, 1.165) is 36.5 Å². The van der Waals surface area contributed by atoms with E-state index in [9.17, 15) is 0 Å². The van der Waals surface area contributed by atoms with Gasteiger partial charge >= 0.3 is 0 Å². The minimum absolute atomic E-state index is 0.122. The number of aromatic nitrogens is 2. The normalized spacial score (nSPS) is 10.0. The minimum atomic E-state index is -0.122. The first-order valence-corrected chi connectivity index (χ1v) is 7.16. The molecule has 4 nitrogen and oxygen atoms in total. The van der Waals surface area contributed by atoms with E-state index in [1.807, 2.05) is 36.7 Å². The maximum Gasteiger partial charge on any atom is 0.119 e. The molecule has 0 aliphatic heterocycles. The molecule has 0 aliphatic rings. The van der Waals surface area contributed by atoms with Crippen LogP contribution in [0.3, 0.4) is 0 Å². The number of benzene rings is 1. The highest BCUT2D eigenvalue weighted by atomic mass is 16.5. The molecule has 0 atom stereocenters. The molecule has 0 saturated heterocycles. The first-order chi connectivity index (χ1) is 10.3. The van der Waals surface area contributed by atoms with Crippen molar-refractivity contribution < 1.29 is 9.84 Å². The monoisotopic (exact) mass is 284 g/mol. The van der Waals surface area contributed by atoms with Crippen LogP contribution in [0.4, 0.5) is 0 Å². The summed E-state index contributed by atoms with van der Waals surface area (Å²) in [6.07, 6.45) is 5.90. The lowest BCUT2D eigenvalue weighted by Crippen LogP contribution is -2.10. The van der Waals surface area contributed by atoms with Crippen molar-refractivity contribution >= 4 is 0 Å². The Morgan fingerprint density at radius 1 is 1.29 bits per heavy atom. The Balaban J connectivity index is 1.84. The van der Waals surface area contributed by atoms with E-state index in [-0.39, 0.29) is 6.61 Å². The van der Waals surface area contributed by atoms with Crippen LogP contribution in [-0.2, 0) is 13.0 Å². The zero-order chi connectivity index (χ0) is 14.9. The second-order valence-corrected chi connectivity index (χ2v) is 4.62. The van der Waals surface area contributed by atoms with Gasteiger partial charge in [-0.05, 0) is 30.7 Å². The fourth-order valence-corrected chi connectivity index (χ4v) is 2.03. The number of aliphatic hydroxyl groups excluding tert-OH is 1. The summed E-state index contributed by atoms with van der Waals surface area (Å²) < 4.78 is 7.86. The van der Waals surface area contributed by atoms with Crippen molar-refractivity contribution in [2.24, 2.45) is 0 Å². The summed E-state index contributed by atoms with van der Waals surface area (Å²) in [6.45, 7) is 3.43. The van der Waals surface area contributed by atoms with Gasteiger partial charge in [0.15, 0.2) is 0 Å². The molecule has 1 N–H and O–H groups in total. The number of rotatable bonds is 6. The van der Waals surface area contributed by atoms with Gasteiger partial charge in [0.05, 0.1) is 6.54 Å². The van der Waals surface area contributed by atoms with Crippen LogP contribution in [0.2, 0.25) is 0 Å². The third kappa shape index (κ3) is 4.66. The molecular formula is C17H20N2O2. The standard InChI is InChI=1S/C17H20N2O2/c1-2-4-17-18-10-11-19(17)12-14-21-16-8-6-15(7-9-16)5-3-13-20/h6-11,20H,2,4,12-14H2,1H3. The molecule has 0 saturated carbocycles. The first-order valence-electron chi connectivity index (χ1n) is 7.16. The zero-order valence-electron chi connectivity index (χ0n) is 12.2. The third-order valence-corrected chi connectivity index (χ3v) is 3.04. The zero-order valence-corrected chi connectivity index (χ0v) is 12.2. The predicted octanol–water partition coefficient (Wildman–Crippen LogP) is 2.26. The first kappa shape index (κ1) is 15.1. The molecule has 4 heteroatoms. The van der Waals surface area contributed by atoms with E-state index < -0.39 is 0 Å². The van der Waals surface area contributed by atoms with E-state index in [4.69, 9.17) is 9.84 Å². The van der Waals surface area contributed by atoms with E-state index >= 15 is 0 Å². The SMILES string of the molecule is CCCc1nccn1CCOc1ccc(C#CCO)cc1. The van der Waals surface area contributed by atoms with Crippen LogP contribution in [-0.4, -0.2) is 27.9 Å². The average Bonchev–Trinajstić information content (AvgIpc) is 2.94. The summed E-state index contributed by atoms with van der Waals surface area (Å²) in [5.41, 5.74) is 0.872. The van der Waals surface area contributed by atoms with Gasteiger partial charge in [0, 0.05) is 24.4 Å². The molecule has 0 spiro atoms. The predicted molar refractivity (Wildman–Crippen MR) is 82.1 cm³/mol. The van der Waals surface area contributed by atoms with Crippen molar-refractivity contribution in [3.63, 3.8) is 0 Å². The molecule has 2 aromatic rings. The Hall–Kier alpha value is -2.25. The highest BCUT2D eigenvalue weighted by Gasteiger charge is 2.01. The molecule has 21 heavy (non-hydrogen) atoms. The van der Waals surface area contributed by atoms with Crippen LogP contribution in [0.5, 0.6) is 5.75 Å². The van der Waals surface area contributed by atoms with Gasteiger partial charge < -0.3 is 14.4 Å². The van der Waals surface area contributed by atoms with Gasteiger partial charge in [0.1, 0.15) is 24.8 Å². The number of aliphatic hydroxyl groups is 1. The summed E-state index contributed by atoms with van der Waals surface area (Å²) in [7, 11) is 0. The molecule has 0 bridgehead atoms. The lowest BCUT2D eigenvalue weighted by molar-refractivity contribution is 0.296. The average molecular weight is 284 g/mol. The summed E-state index contributed by atoms with van der Waals surface area (Å²) >= 11 is 0. The molecule has 0 unspecified atom stereocenters. The number of hydrogen-bond donors (Lipinski definition) is 1. The van der Waals surface area contributed by atoms with Gasteiger partial charge in [-0.1, -0.05) is 18.8 Å². The maximum atomic E-state index is 8.64. The highest BCUT2D eigenvalue weighted by Crippen LogP contribution is 2.12. The Morgan fingerprint density at radius 2 is 2.10 bits per heavy atom. The van der Waals surface area contributed by atoms with Gasteiger partial charge in [-0.15, -0.1) is 0 Å². The minimum Gasteiger partial charge on any atom is -0.492 e. The smallest absolute Gasteiger partial charge is 0.119 e. The van der Waals surface area contributed by atoms with Crippen molar-refractivity contribution in [2.45, 2.75) is 26.3 Å². The lowest BCUT2D eigenvalue weighted by atomic mass is 10.2. The van der Waals surface area contributed by atoms with Crippen molar-refractivity contribution in [3.8, 4) is 17.6 Å². The number of nitrogens with zero attached hydrogens (tertiary/aromatic N) is 2. The summed E-state index contributed by atoms with van der Waals surface area (Å²) in [6, 6.07) is 7.56. The number of hydrogen-bond acceptors (Lipinski definition) is 3. The quantitative estimate of drug-likeness (QED) is 0.828. The molecular weight excluding hydrogens is 264 g/mol. The maximum absolute atomic E-state index is 8.64. The molecule has 1 aromatic heterocycles. The van der Waals surface area contributed by atoms with Crippen LogP contribution < -0.4 is 4.74 Å². The Bertz CT molecular complexity index is 606. The van der Waals surface area contributed by atoms with Gasteiger partial charge in [-0.2, -0.15) is 0 Å². The van der Waals surface area contributed by atoms with Crippen LogP contribution >= 0.6 is 0 Å². The van der Waals surface area contributed by atoms with E-state index in [2.05, 4.69) is 28.3 Å². The lowest BCUT2D eigenvalue weighted by Gasteiger charge is -2.09. The third-order valence-electron chi connectivity index (χ3n) is 3.04. The topological polar surface area (TPSA) is 47.3 Å². The van der Waals surface area contributed by atoms with Crippen molar-refractivity contribution in [1.29, 1.82) is 0 Å². The molecule has 1 aromatic carbocycles. The molecule has 0 amide bonds. The summed E-state index contributed by atoms with van der Waals surface area (Å²) in [5.74, 6) is 7.40. The van der Waals surface area contributed by atoms with Gasteiger partial charge in [0.25, 0.3) is 0 Å². The van der Waals surface area contributed by atoms with Gasteiger partial charge in [-0.3, -0.25) is 0 Å². The summed E-state index contributed by atoms with van der Waals surface area (Å²) in [4.78, 5) is 4.34. The number of aryl methyl sites for hydroxylation is 1. The van der Waals surface area contributed by atoms with Crippen molar-refractivity contribution in [2.75, 3.05) is 13.2 Å². The second kappa shape index (κ2) is 8.13. The van der Waals surface area contributed by atoms with Crippen molar-refractivity contribution in [1.82, 2.24) is 9.55 Å². The molecule has 2 rings (SSSR count). The Labute approximate surface area is 125 Å². The van der Waals surface area contributed by atoms with Crippen LogP contribution in [0.25, 0.3) is 0 Å². The largest absolute Gasteiger partial charge is 0.492 e. The molecule has 110 valence electrons. The summed E-state index contributed by atoms with van der Waals surface area (Å²) in [5, 5.41) is 8.64. The Kier molecular flexibility index (Phi) is 5.86. The molecule has 0 fully saturated rings. The fourth-order valence-electron chi connectivity index (χ4n) is 2.03. The Morgan fingerprint density at radius 3 is 2.81 bits per heavy atom. The van der Waals surface area contributed by atoms with Crippen molar-refractivity contribution in [3.05, 3.63) is 48.0 Å².